The van der Waals surface area contributed by atoms with Gasteiger partial charge in [-0.3, -0.25) is 14.8 Å². The van der Waals surface area contributed by atoms with E-state index in [4.69, 9.17) is 5.11 Å². The van der Waals surface area contributed by atoms with Crippen molar-refractivity contribution in [1.82, 2.24) is 9.97 Å². The van der Waals surface area contributed by atoms with Gasteiger partial charge in [-0.2, -0.15) is 0 Å². The van der Waals surface area contributed by atoms with Crippen LogP contribution in [0.3, 0.4) is 0 Å². The first-order valence-electron chi connectivity index (χ1n) is 10.5. The highest BCUT2D eigenvalue weighted by atomic mass is 19.2. The topological polar surface area (TPSA) is 66.3 Å². The Balaban J connectivity index is 0.00000137. The van der Waals surface area contributed by atoms with Gasteiger partial charge in [0.25, 0.3) is 0 Å². The van der Waals surface area contributed by atoms with Gasteiger partial charge in [-0.1, -0.05) is 19.6 Å². The van der Waals surface area contributed by atoms with E-state index in [0.717, 1.165) is 23.1 Å². The molecule has 1 heterocycles. The molecule has 3 aromatic rings. The second-order valence-electron chi connectivity index (χ2n) is 7.51. The Morgan fingerprint density at radius 2 is 1.46 bits per heavy atom. The van der Waals surface area contributed by atoms with E-state index in [1.54, 1.807) is 24.4 Å². The van der Waals surface area contributed by atoms with E-state index in [0.29, 0.717) is 17.8 Å². The molecule has 35 heavy (non-hydrogen) atoms. The van der Waals surface area contributed by atoms with Gasteiger partial charge in [-0.15, -0.1) is 0 Å². The van der Waals surface area contributed by atoms with E-state index in [1.165, 1.54) is 11.1 Å². The molecule has 5 nitrogen and oxygen atoms in total. The number of nitrogens with zero attached hydrogens (tertiary/aromatic N) is 3. The number of rotatable bonds is 6. The van der Waals surface area contributed by atoms with Gasteiger partial charge in [0, 0.05) is 17.4 Å². The van der Waals surface area contributed by atoms with Crippen LogP contribution < -0.4 is 4.90 Å². The van der Waals surface area contributed by atoms with Crippen LogP contribution >= 0.6 is 0 Å². The van der Waals surface area contributed by atoms with Gasteiger partial charge >= 0.3 is 0 Å². The minimum absolute atomic E-state index is 0.103. The summed E-state index contributed by atoms with van der Waals surface area (Å²) in [5.41, 5.74) is 2.14. The summed E-state index contributed by atoms with van der Waals surface area (Å²) in [5.74, 6) is -11.4. The molecule has 0 aliphatic carbocycles. The minimum Gasteiger partial charge on any atom is -0.516 e. The number of amides is 1. The number of hydrogen-bond acceptors (Lipinski definition) is 4. The predicted octanol–water partition coefficient (Wildman–Crippen LogP) is 5.82. The van der Waals surface area contributed by atoms with Gasteiger partial charge in [0.05, 0.1) is 36.8 Å². The van der Waals surface area contributed by atoms with Crippen LogP contribution in [0.1, 0.15) is 35.0 Å². The van der Waals surface area contributed by atoms with Gasteiger partial charge in [-0.25, -0.2) is 22.0 Å². The molecule has 0 aliphatic heterocycles. The Morgan fingerprint density at radius 3 is 1.94 bits per heavy atom. The highest BCUT2D eigenvalue weighted by Crippen LogP contribution is 2.26. The Bertz CT molecular complexity index is 1190. The highest BCUT2D eigenvalue weighted by molar-refractivity contribution is 5.94. The molecule has 0 unspecified atom stereocenters. The van der Waals surface area contributed by atoms with E-state index in [9.17, 15) is 26.7 Å². The van der Waals surface area contributed by atoms with Gasteiger partial charge in [0.1, 0.15) is 0 Å². The van der Waals surface area contributed by atoms with Crippen LogP contribution in [0, 0.1) is 42.9 Å². The Labute approximate surface area is 199 Å². The van der Waals surface area contributed by atoms with Crippen LogP contribution in [0.15, 0.2) is 43.4 Å². The lowest BCUT2D eigenvalue weighted by atomic mass is 10.1. The lowest BCUT2D eigenvalue weighted by Gasteiger charge is -2.24. The zero-order valence-electron chi connectivity index (χ0n) is 19.4. The fourth-order valence-corrected chi connectivity index (χ4v) is 3.08. The molecular formula is C25H24F5N3O2. The maximum Gasteiger partial charge on any atom is 0.231 e. The molecule has 0 bridgehead atoms. The Kier molecular flexibility index (Phi) is 9.44. The van der Waals surface area contributed by atoms with Crippen LogP contribution in [0.4, 0.5) is 27.6 Å². The van der Waals surface area contributed by atoms with Crippen LogP contribution in [-0.4, -0.2) is 21.0 Å². The van der Waals surface area contributed by atoms with Crippen LogP contribution in [-0.2, 0) is 24.2 Å². The molecule has 1 N–H and O–H groups in total. The average Bonchev–Trinajstić information content (AvgIpc) is 2.85. The summed E-state index contributed by atoms with van der Waals surface area (Å²) in [6, 6.07) is 5.08. The van der Waals surface area contributed by atoms with Crippen molar-refractivity contribution in [3.05, 3.63) is 101 Å². The molecule has 3 rings (SSSR count). The van der Waals surface area contributed by atoms with Crippen molar-refractivity contribution in [3.63, 3.8) is 0 Å². The molecule has 0 spiro atoms. The van der Waals surface area contributed by atoms with Crippen molar-refractivity contribution in [1.29, 1.82) is 0 Å². The first-order chi connectivity index (χ1) is 16.5. The molecule has 10 heteroatoms. The third-order valence-electron chi connectivity index (χ3n) is 5.17. The van der Waals surface area contributed by atoms with Gasteiger partial charge in [0.15, 0.2) is 23.3 Å². The lowest BCUT2D eigenvalue weighted by Crippen LogP contribution is -2.33. The van der Waals surface area contributed by atoms with Crippen LogP contribution in [0.5, 0.6) is 0 Å². The van der Waals surface area contributed by atoms with Gasteiger partial charge in [0.2, 0.25) is 11.7 Å². The number of aromatic nitrogens is 2. The Hall–Kier alpha value is -3.82. The fraction of sp³-hybridized carbons (Fsp3) is 0.240. The smallest absolute Gasteiger partial charge is 0.231 e. The third-order valence-corrected chi connectivity index (χ3v) is 5.17. The van der Waals surface area contributed by atoms with Crippen LogP contribution in [0.25, 0.3) is 0 Å². The quantitative estimate of drug-likeness (QED) is 0.204. The number of benzene rings is 2. The number of hydrogen-bond donors (Lipinski definition) is 1. The molecule has 0 radical (unpaired) electrons. The van der Waals surface area contributed by atoms with E-state index in [-0.39, 0.29) is 6.54 Å². The molecule has 2 aromatic carbocycles. The fourth-order valence-electron chi connectivity index (χ4n) is 3.08. The standard InChI is InChI=1S/C23H20F5N3O.C2H4O/c1-4-14-9-30-15(10-29-14)11-31(16-6-5-12(2)13(3)7-16)18(32)8-17-19(24)21(26)23(28)22(27)20(17)25;1-2-3/h5-7,9-10H,4,8,11H2,1-3H3;2-3H,1H2. The molecule has 186 valence electrons. The summed E-state index contributed by atoms with van der Waals surface area (Å²) in [5, 5.41) is 7.33. The van der Waals surface area contributed by atoms with Crippen LogP contribution in [0.2, 0.25) is 0 Å². The second kappa shape index (κ2) is 12.0. The van der Waals surface area contributed by atoms with E-state index in [2.05, 4.69) is 16.5 Å². The minimum atomic E-state index is -2.27. The average molecular weight is 493 g/mol. The summed E-state index contributed by atoms with van der Waals surface area (Å²) in [4.78, 5) is 22.7. The molecule has 0 aliphatic rings. The second-order valence-corrected chi connectivity index (χ2v) is 7.51. The first kappa shape index (κ1) is 27.4. The summed E-state index contributed by atoms with van der Waals surface area (Å²) >= 11 is 0. The summed E-state index contributed by atoms with van der Waals surface area (Å²) in [6.45, 7) is 8.41. The van der Waals surface area contributed by atoms with Crippen molar-refractivity contribution < 1.29 is 31.9 Å². The number of anilines is 1. The van der Waals surface area contributed by atoms with Gasteiger partial charge in [-0.05, 0) is 43.5 Å². The highest BCUT2D eigenvalue weighted by Gasteiger charge is 2.29. The monoisotopic (exact) mass is 493 g/mol. The SMILES string of the molecule is C=CO.CCc1cnc(CN(C(=O)Cc2c(F)c(F)c(F)c(F)c2F)c2ccc(C)c(C)c2)cn1. The molecule has 0 atom stereocenters. The maximum atomic E-state index is 14.1. The molecule has 0 fully saturated rings. The zero-order chi connectivity index (χ0) is 26.3. The zero-order valence-corrected chi connectivity index (χ0v) is 19.4. The van der Waals surface area contributed by atoms with Crippen molar-refractivity contribution in [2.75, 3.05) is 4.90 Å². The molecule has 1 aromatic heterocycles. The normalized spacial score (nSPS) is 10.4. The number of aryl methyl sites for hydroxylation is 3. The summed E-state index contributed by atoms with van der Waals surface area (Å²) < 4.78 is 68.8. The number of carbonyl (C=O) groups excluding carboxylic acids is 1. The lowest BCUT2D eigenvalue weighted by molar-refractivity contribution is -0.118. The van der Waals surface area contributed by atoms with Crippen molar-refractivity contribution >= 4 is 11.6 Å². The molecule has 0 saturated heterocycles. The third kappa shape index (κ3) is 6.40. The first-order valence-corrected chi connectivity index (χ1v) is 10.5. The number of halogens is 5. The van der Waals surface area contributed by atoms with Crippen molar-refractivity contribution in [3.8, 4) is 0 Å². The van der Waals surface area contributed by atoms with Crippen molar-refractivity contribution in [2.24, 2.45) is 0 Å². The number of carbonyl (C=O) groups is 1. The largest absolute Gasteiger partial charge is 0.516 e. The molecule has 1 amide bonds. The van der Waals surface area contributed by atoms with E-state index in [1.807, 2.05) is 20.8 Å². The number of aliphatic hydroxyl groups excluding tert-OH is 1. The van der Waals surface area contributed by atoms with E-state index >= 15 is 0 Å². The molecular weight excluding hydrogens is 469 g/mol. The molecule has 0 saturated carbocycles. The Morgan fingerprint density at radius 1 is 0.943 bits per heavy atom. The summed E-state index contributed by atoms with van der Waals surface area (Å²) in [7, 11) is 0. The van der Waals surface area contributed by atoms with E-state index < -0.39 is 47.0 Å². The van der Waals surface area contributed by atoms with Gasteiger partial charge < -0.3 is 10.0 Å². The number of aliphatic hydroxyl groups is 1. The maximum absolute atomic E-state index is 14.1. The predicted molar refractivity (Wildman–Crippen MR) is 121 cm³/mol. The summed E-state index contributed by atoms with van der Waals surface area (Å²) in [6.07, 6.45) is 3.40. The van der Waals surface area contributed by atoms with Crippen molar-refractivity contribution in [2.45, 2.75) is 40.2 Å².